The number of thioether (sulfide) groups is 1. The van der Waals surface area contributed by atoms with Crippen LogP contribution in [-0.2, 0) is 20.6 Å². The van der Waals surface area contributed by atoms with E-state index in [9.17, 15) is 13.2 Å². The zero-order valence-electron chi connectivity index (χ0n) is 15.3. The fourth-order valence-corrected chi connectivity index (χ4v) is 4.86. The third-order valence-corrected chi connectivity index (χ3v) is 6.70. The van der Waals surface area contributed by atoms with Crippen molar-refractivity contribution >= 4 is 49.3 Å². The normalized spacial score (nSPS) is 11.2. The molecule has 0 aliphatic carbocycles. The van der Waals surface area contributed by atoms with E-state index in [1.54, 1.807) is 36.0 Å². The molecule has 0 saturated heterocycles. The first-order chi connectivity index (χ1) is 12.8. The molecule has 2 aromatic carbocycles. The van der Waals surface area contributed by atoms with E-state index in [0.717, 1.165) is 22.1 Å². The largest absolute Gasteiger partial charge is 0.354 e. The minimum atomic E-state index is -3.57. The number of carbonyl (C=O) groups excluding carboxylic acids is 1. The van der Waals surface area contributed by atoms with E-state index in [4.69, 9.17) is 0 Å². The van der Waals surface area contributed by atoms with E-state index >= 15 is 0 Å². The highest BCUT2D eigenvalue weighted by Crippen LogP contribution is 2.27. The standard InChI is InChI=1S/C19H23BrN2O3S2/c1-15-7-3-4-8-16(15)14-26-12-11-21-19(23)13-22(27(2,24)25)18-10-6-5-9-17(18)20/h3-10H,11-14H2,1-2H3,(H,21,23). The Kier molecular flexibility index (Phi) is 8.19. The molecule has 0 aromatic heterocycles. The second kappa shape index (κ2) is 10.1. The van der Waals surface area contributed by atoms with Crippen LogP contribution in [0.15, 0.2) is 53.0 Å². The van der Waals surface area contributed by atoms with Crippen LogP contribution in [0.2, 0.25) is 0 Å². The SMILES string of the molecule is Cc1ccccc1CSCCNC(=O)CN(c1ccccc1Br)S(C)(=O)=O. The van der Waals surface area contributed by atoms with Crippen molar-refractivity contribution in [3.8, 4) is 0 Å². The number of para-hydroxylation sites is 1. The first-order valence-electron chi connectivity index (χ1n) is 8.40. The highest BCUT2D eigenvalue weighted by atomic mass is 79.9. The smallest absolute Gasteiger partial charge is 0.240 e. The Morgan fingerprint density at radius 1 is 1.15 bits per heavy atom. The molecule has 0 saturated carbocycles. The summed E-state index contributed by atoms with van der Waals surface area (Å²) in [6.07, 6.45) is 1.10. The van der Waals surface area contributed by atoms with Gasteiger partial charge in [0.2, 0.25) is 15.9 Å². The average molecular weight is 471 g/mol. The van der Waals surface area contributed by atoms with Crippen LogP contribution >= 0.6 is 27.7 Å². The van der Waals surface area contributed by atoms with Crippen LogP contribution in [0.25, 0.3) is 0 Å². The van der Waals surface area contributed by atoms with E-state index in [1.807, 2.05) is 12.1 Å². The minimum absolute atomic E-state index is 0.246. The van der Waals surface area contributed by atoms with E-state index in [0.29, 0.717) is 16.7 Å². The number of rotatable bonds is 9. The number of hydrogen-bond donors (Lipinski definition) is 1. The van der Waals surface area contributed by atoms with Crippen molar-refractivity contribution in [1.29, 1.82) is 0 Å². The summed E-state index contributed by atoms with van der Waals surface area (Å²) in [7, 11) is -3.57. The summed E-state index contributed by atoms with van der Waals surface area (Å²) in [5.41, 5.74) is 2.99. The highest BCUT2D eigenvalue weighted by molar-refractivity contribution is 9.10. The van der Waals surface area contributed by atoms with Crippen molar-refractivity contribution < 1.29 is 13.2 Å². The van der Waals surface area contributed by atoms with Crippen molar-refractivity contribution in [3.63, 3.8) is 0 Å². The van der Waals surface area contributed by atoms with Gasteiger partial charge in [-0.05, 0) is 46.1 Å². The van der Waals surface area contributed by atoms with Crippen molar-refractivity contribution in [1.82, 2.24) is 5.32 Å². The van der Waals surface area contributed by atoms with Crippen molar-refractivity contribution in [2.24, 2.45) is 0 Å². The number of carbonyl (C=O) groups is 1. The zero-order valence-corrected chi connectivity index (χ0v) is 18.5. The highest BCUT2D eigenvalue weighted by Gasteiger charge is 2.22. The molecule has 0 aliphatic heterocycles. The summed E-state index contributed by atoms with van der Waals surface area (Å²) < 4.78 is 25.9. The molecule has 0 bridgehead atoms. The number of benzene rings is 2. The van der Waals surface area contributed by atoms with Gasteiger partial charge >= 0.3 is 0 Å². The third kappa shape index (κ3) is 6.86. The predicted molar refractivity (Wildman–Crippen MR) is 117 cm³/mol. The van der Waals surface area contributed by atoms with E-state index in [2.05, 4.69) is 40.3 Å². The molecule has 0 unspecified atom stereocenters. The van der Waals surface area contributed by atoms with Crippen LogP contribution in [0, 0.1) is 6.92 Å². The molecule has 0 fully saturated rings. The van der Waals surface area contributed by atoms with E-state index in [1.165, 1.54) is 11.1 Å². The number of aryl methyl sites for hydroxylation is 1. The molecule has 1 N–H and O–H groups in total. The maximum Gasteiger partial charge on any atom is 0.240 e. The molecular weight excluding hydrogens is 448 g/mol. The Balaban J connectivity index is 1.84. The summed E-state index contributed by atoms with van der Waals surface area (Å²) >= 11 is 5.07. The first kappa shape index (κ1) is 21.8. The van der Waals surface area contributed by atoms with Crippen LogP contribution in [0.3, 0.4) is 0 Å². The molecule has 0 aliphatic rings. The lowest BCUT2D eigenvalue weighted by Crippen LogP contribution is -2.41. The van der Waals surface area contributed by atoms with Gasteiger partial charge < -0.3 is 5.32 Å². The van der Waals surface area contributed by atoms with Crippen molar-refractivity contribution in [3.05, 3.63) is 64.1 Å². The van der Waals surface area contributed by atoms with Gasteiger partial charge in [-0.2, -0.15) is 11.8 Å². The number of sulfonamides is 1. The molecule has 1 amide bonds. The molecule has 2 rings (SSSR count). The second-order valence-corrected chi connectivity index (χ2v) is 9.92. The molecule has 0 spiro atoms. The van der Waals surface area contributed by atoms with Crippen LogP contribution in [0.1, 0.15) is 11.1 Å². The number of nitrogens with one attached hydrogen (secondary N) is 1. The lowest BCUT2D eigenvalue weighted by molar-refractivity contribution is -0.119. The Morgan fingerprint density at radius 3 is 2.48 bits per heavy atom. The molecule has 27 heavy (non-hydrogen) atoms. The van der Waals surface area contributed by atoms with Gasteiger partial charge in [-0.3, -0.25) is 9.10 Å². The summed E-state index contributed by atoms with van der Waals surface area (Å²) in [6, 6.07) is 15.2. The molecular formula is C19H23BrN2O3S2. The lowest BCUT2D eigenvalue weighted by Gasteiger charge is -2.23. The quantitative estimate of drug-likeness (QED) is 0.568. The van der Waals surface area contributed by atoms with Crippen molar-refractivity contribution in [2.75, 3.05) is 29.4 Å². The Bertz CT molecular complexity index is 888. The predicted octanol–water partition coefficient (Wildman–Crippen LogP) is 3.57. The number of halogens is 1. The fourth-order valence-electron chi connectivity index (χ4n) is 2.44. The Morgan fingerprint density at radius 2 is 1.81 bits per heavy atom. The number of anilines is 1. The van der Waals surface area contributed by atoms with Crippen LogP contribution in [0.4, 0.5) is 5.69 Å². The summed E-state index contributed by atoms with van der Waals surface area (Å²) in [5, 5.41) is 2.79. The molecule has 0 atom stereocenters. The second-order valence-electron chi connectivity index (χ2n) is 6.05. The van der Waals surface area contributed by atoms with Gasteiger partial charge in [0.1, 0.15) is 6.54 Å². The molecule has 0 radical (unpaired) electrons. The molecule has 0 heterocycles. The minimum Gasteiger partial charge on any atom is -0.354 e. The van der Waals surface area contributed by atoms with Gasteiger partial charge in [-0.1, -0.05) is 36.4 Å². The summed E-state index contributed by atoms with van der Waals surface area (Å²) in [6.45, 7) is 2.33. The number of nitrogens with zero attached hydrogens (tertiary/aromatic N) is 1. The number of hydrogen-bond acceptors (Lipinski definition) is 4. The number of amides is 1. The maximum atomic E-state index is 12.2. The van der Waals surface area contributed by atoms with E-state index < -0.39 is 10.0 Å². The fraction of sp³-hybridized carbons (Fsp3) is 0.316. The Labute approximate surface area is 173 Å². The van der Waals surface area contributed by atoms with Crippen LogP contribution in [-0.4, -0.2) is 39.4 Å². The maximum absolute atomic E-state index is 12.2. The molecule has 2 aromatic rings. The summed E-state index contributed by atoms with van der Waals surface area (Å²) in [5.74, 6) is 1.32. The van der Waals surface area contributed by atoms with Gasteiger partial charge in [0.25, 0.3) is 0 Å². The molecule has 5 nitrogen and oxygen atoms in total. The van der Waals surface area contributed by atoms with Gasteiger partial charge in [-0.25, -0.2) is 8.42 Å². The average Bonchev–Trinajstić information content (AvgIpc) is 2.61. The van der Waals surface area contributed by atoms with Gasteiger partial charge in [0.05, 0.1) is 11.9 Å². The van der Waals surface area contributed by atoms with Gasteiger partial charge in [0, 0.05) is 22.5 Å². The Hall–Kier alpha value is -1.51. The van der Waals surface area contributed by atoms with Crippen molar-refractivity contribution in [2.45, 2.75) is 12.7 Å². The summed E-state index contributed by atoms with van der Waals surface area (Å²) in [4.78, 5) is 12.2. The zero-order chi connectivity index (χ0) is 19.9. The first-order valence-corrected chi connectivity index (χ1v) is 12.2. The van der Waals surface area contributed by atoms with Crippen LogP contribution in [0.5, 0.6) is 0 Å². The topological polar surface area (TPSA) is 66.5 Å². The lowest BCUT2D eigenvalue weighted by atomic mass is 10.1. The molecule has 146 valence electrons. The van der Waals surface area contributed by atoms with Crippen LogP contribution < -0.4 is 9.62 Å². The van der Waals surface area contributed by atoms with Gasteiger partial charge in [0.15, 0.2) is 0 Å². The van der Waals surface area contributed by atoms with E-state index in [-0.39, 0.29) is 12.5 Å². The monoisotopic (exact) mass is 470 g/mol. The molecule has 8 heteroatoms. The van der Waals surface area contributed by atoms with Gasteiger partial charge in [-0.15, -0.1) is 0 Å². The third-order valence-electron chi connectivity index (χ3n) is 3.90.